The summed E-state index contributed by atoms with van der Waals surface area (Å²) in [4.78, 5) is 18.9. The van der Waals surface area contributed by atoms with Gasteiger partial charge in [-0.25, -0.2) is 4.98 Å². The lowest BCUT2D eigenvalue weighted by molar-refractivity contribution is -0.137. The average molecular weight is 383 g/mol. The fraction of sp³-hybridized carbons (Fsp3) is 0.238. The molecule has 0 spiro atoms. The van der Waals surface area contributed by atoms with Crippen LogP contribution in [0.25, 0.3) is 22.2 Å². The van der Waals surface area contributed by atoms with Gasteiger partial charge in [-0.3, -0.25) is 4.79 Å². The quantitative estimate of drug-likeness (QED) is 0.688. The number of nitrogens with zero attached hydrogens (tertiary/aromatic N) is 2. The normalized spacial score (nSPS) is 14.3. The Labute approximate surface area is 162 Å². The molecule has 1 amide bonds. The molecule has 0 bridgehead atoms. The van der Waals surface area contributed by atoms with E-state index in [-0.39, 0.29) is 12.5 Å². The summed E-state index contributed by atoms with van der Waals surface area (Å²) >= 11 is 6.16. The molecule has 27 heavy (non-hydrogen) atoms. The van der Waals surface area contributed by atoms with E-state index in [2.05, 4.69) is 0 Å². The summed E-state index contributed by atoms with van der Waals surface area (Å²) in [6, 6.07) is 17.2. The van der Waals surface area contributed by atoms with E-state index < -0.39 is 0 Å². The van der Waals surface area contributed by atoms with Crippen LogP contribution in [0.1, 0.15) is 0 Å². The van der Waals surface area contributed by atoms with E-state index in [4.69, 9.17) is 26.1 Å². The highest BCUT2D eigenvalue weighted by Gasteiger charge is 2.18. The Kier molecular flexibility index (Phi) is 5.23. The number of hydrogen-bond acceptors (Lipinski definition) is 4. The second-order valence-electron chi connectivity index (χ2n) is 6.31. The molecule has 138 valence electrons. The van der Waals surface area contributed by atoms with Crippen LogP contribution in [0.3, 0.4) is 0 Å². The van der Waals surface area contributed by atoms with Gasteiger partial charge in [0.2, 0.25) is 0 Å². The maximum Gasteiger partial charge on any atom is 0.260 e. The Morgan fingerprint density at radius 3 is 2.67 bits per heavy atom. The number of carbonyl (C=O) groups is 1. The monoisotopic (exact) mass is 382 g/mol. The summed E-state index contributed by atoms with van der Waals surface area (Å²) in [7, 11) is 0. The lowest BCUT2D eigenvalue weighted by Gasteiger charge is -2.26. The van der Waals surface area contributed by atoms with Crippen LogP contribution in [-0.2, 0) is 9.53 Å². The number of carbonyl (C=O) groups excluding carboxylic acids is 1. The maximum atomic E-state index is 12.4. The van der Waals surface area contributed by atoms with E-state index in [9.17, 15) is 4.79 Å². The molecule has 2 heterocycles. The standard InChI is InChI=1S/C21H19ClN2O3/c22-16-6-7-18-17(12-16)20(13-19(23-18)15-4-2-1-3-5-15)27-14-21(25)24-8-10-26-11-9-24/h1-7,12-13H,8-11,14H2. The number of ether oxygens (including phenoxy) is 2. The van der Waals surface area contributed by atoms with Gasteiger partial charge in [0.1, 0.15) is 5.75 Å². The predicted octanol–water partition coefficient (Wildman–Crippen LogP) is 3.79. The van der Waals surface area contributed by atoms with Gasteiger partial charge in [0.05, 0.1) is 24.4 Å². The molecule has 6 heteroatoms. The zero-order valence-electron chi connectivity index (χ0n) is 14.7. The SMILES string of the molecule is O=C(COc1cc(-c2ccccc2)nc2ccc(Cl)cc12)N1CCOCC1. The van der Waals surface area contributed by atoms with E-state index in [1.807, 2.05) is 48.5 Å². The highest BCUT2D eigenvalue weighted by Crippen LogP contribution is 2.31. The molecule has 4 rings (SSSR count). The van der Waals surface area contributed by atoms with Crippen molar-refractivity contribution >= 4 is 28.4 Å². The predicted molar refractivity (Wildman–Crippen MR) is 105 cm³/mol. The molecule has 0 aliphatic carbocycles. The summed E-state index contributed by atoms with van der Waals surface area (Å²) in [5.74, 6) is 0.550. The molecule has 1 fully saturated rings. The maximum absolute atomic E-state index is 12.4. The Balaban J connectivity index is 1.65. The zero-order chi connectivity index (χ0) is 18.6. The van der Waals surface area contributed by atoms with Gasteiger partial charge < -0.3 is 14.4 Å². The largest absolute Gasteiger partial charge is 0.483 e. The van der Waals surface area contributed by atoms with Crippen LogP contribution in [0, 0.1) is 0 Å². The lowest BCUT2D eigenvalue weighted by atomic mass is 10.1. The van der Waals surface area contributed by atoms with E-state index >= 15 is 0 Å². The minimum absolute atomic E-state index is 0.0279. The molecular formula is C21H19ClN2O3. The number of morpholine rings is 1. The number of amides is 1. The van der Waals surface area contributed by atoms with Crippen LogP contribution >= 0.6 is 11.6 Å². The molecule has 1 aromatic heterocycles. The Morgan fingerprint density at radius 2 is 1.89 bits per heavy atom. The van der Waals surface area contributed by atoms with Crippen molar-refractivity contribution < 1.29 is 14.3 Å². The van der Waals surface area contributed by atoms with E-state index in [0.717, 1.165) is 22.2 Å². The van der Waals surface area contributed by atoms with Gasteiger partial charge in [0.25, 0.3) is 5.91 Å². The summed E-state index contributed by atoms with van der Waals surface area (Å²) in [6.45, 7) is 2.30. The highest BCUT2D eigenvalue weighted by molar-refractivity contribution is 6.31. The third-order valence-electron chi connectivity index (χ3n) is 4.52. The van der Waals surface area contributed by atoms with Gasteiger partial charge >= 0.3 is 0 Å². The molecule has 1 aliphatic rings. The van der Waals surface area contributed by atoms with Gasteiger partial charge in [-0.15, -0.1) is 0 Å². The molecule has 0 N–H and O–H groups in total. The number of benzene rings is 2. The van der Waals surface area contributed by atoms with Crippen molar-refractivity contribution in [3.63, 3.8) is 0 Å². The van der Waals surface area contributed by atoms with Crippen LogP contribution in [0.2, 0.25) is 5.02 Å². The first-order valence-electron chi connectivity index (χ1n) is 8.85. The second kappa shape index (κ2) is 7.94. The Morgan fingerprint density at radius 1 is 1.11 bits per heavy atom. The fourth-order valence-corrected chi connectivity index (χ4v) is 3.26. The van der Waals surface area contributed by atoms with Gasteiger partial charge in [-0.05, 0) is 18.2 Å². The van der Waals surface area contributed by atoms with Crippen molar-refractivity contribution in [1.29, 1.82) is 0 Å². The average Bonchev–Trinajstić information content (AvgIpc) is 2.73. The minimum atomic E-state index is -0.0495. The molecule has 0 saturated carbocycles. The molecule has 0 unspecified atom stereocenters. The minimum Gasteiger partial charge on any atom is -0.483 e. The van der Waals surface area contributed by atoms with E-state index in [1.165, 1.54) is 0 Å². The molecule has 1 aliphatic heterocycles. The summed E-state index contributed by atoms with van der Waals surface area (Å²) in [5.41, 5.74) is 2.55. The first-order chi connectivity index (χ1) is 13.2. The third kappa shape index (κ3) is 4.04. The topological polar surface area (TPSA) is 51.7 Å². The number of aromatic nitrogens is 1. The summed E-state index contributed by atoms with van der Waals surface area (Å²) in [5, 5.41) is 1.39. The van der Waals surface area contributed by atoms with Gasteiger partial charge in [-0.2, -0.15) is 0 Å². The van der Waals surface area contributed by atoms with Gasteiger partial charge in [-0.1, -0.05) is 41.9 Å². The van der Waals surface area contributed by atoms with E-state index in [1.54, 1.807) is 11.0 Å². The van der Waals surface area contributed by atoms with Gasteiger partial charge in [0.15, 0.2) is 6.61 Å². The summed E-state index contributed by atoms with van der Waals surface area (Å²) < 4.78 is 11.2. The first kappa shape index (κ1) is 17.8. The van der Waals surface area contributed by atoms with Crippen molar-refractivity contribution in [3.05, 3.63) is 59.6 Å². The molecular weight excluding hydrogens is 364 g/mol. The van der Waals surface area contributed by atoms with Crippen molar-refractivity contribution in [2.24, 2.45) is 0 Å². The number of hydrogen-bond donors (Lipinski definition) is 0. The zero-order valence-corrected chi connectivity index (χ0v) is 15.5. The van der Waals surface area contributed by atoms with Crippen molar-refractivity contribution in [3.8, 4) is 17.0 Å². The number of rotatable bonds is 4. The highest BCUT2D eigenvalue weighted by atomic mass is 35.5. The number of fused-ring (bicyclic) bond motifs is 1. The Hall–Kier alpha value is -2.63. The Bertz CT molecular complexity index is 956. The number of pyridine rings is 1. The third-order valence-corrected chi connectivity index (χ3v) is 4.75. The lowest BCUT2D eigenvalue weighted by Crippen LogP contribution is -2.43. The molecule has 1 saturated heterocycles. The number of halogens is 1. The first-order valence-corrected chi connectivity index (χ1v) is 9.22. The molecule has 5 nitrogen and oxygen atoms in total. The second-order valence-corrected chi connectivity index (χ2v) is 6.75. The molecule has 3 aromatic rings. The fourth-order valence-electron chi connectivity index (χ4n) is 3.09. The summed E-state index contributed by atoms with van der Waals surface area (Å²) in [6.07, 6.45) is 0. The van der Waals surface area contributed by atoms with Crippen LogP contribution < -0.4 is 4.74 Å². The van der Waals surface area contributed by atoms with Gasteiger partial charge in [0, 0.05) is 35.1 Å². The molecule has 0 radical (unpaired) electrons. The van der Waals surface area contributed by atoms with Crippen LogP contribution in [0.4, 0.5) is 0 Å². The molecule has 2 aromatic carbocycles. The van der Waals surface area contributed by atoms with Crippen molar-refractivity contribution in [2.45, 2.75) is 0 Å². The van der Waals surface area contributed by atoms with Crippen molar-refractivity contribution in [1.82, 2.24) is 9.88 Å². The van der Waals surface area contributed by atoms with E-state index in [0.29, 0.717) is 37.1 Å². The van der Waals surface area contributed by atoms with Crippen molar-refractivity contribution in [2.75, 3.05) is 32.9 Å². The smallest absolute Gasteiger partial charge is 0.260 e. The molecule has 0 atom stereocenters. The van der Waals surface area contributed by atoms with Crippen LogP contribution in [0.15, 0.2) is 54.6 Å². The van der Waals surface area contributed by atoms with Crippen LogP contribution in [0.5, 0.6) is 5.75 Å². The van der Waals surface area contributed by atoms with Crippen LogP contribution in [-0.4, -0.2) is 48.7 Å².